The van der Waals surface area contributed by atoms with E-state index in [1.165, 1.54) is 25.7 Å². The van der Waals surface area contributed by atoms with Crippen LogP contribution in [0.2, 0.25) is 0 Å². The molecule has 1 aromatic heterocycles. The lowest BCUT2D eigenvalue weighted by atomic mass is 10.2. The van der Waals surface area contributed by atoms with Crippen molar-refractivity contribution >= 4 is 29.9 Å². The van der Waals surface area contributed by atoms with Gasteiger partial charge in [0.1, 0.15) is 0 Å². The highest BCUT2D eigenvalue weighted by atomic mass is 127. The second-order valence-corrected chi connectivity index (χ2v) is 5.58. The molecule has 0 saturated heterocycles. The summed E-state index contributed by atoms with van der Waals surface area (Å²) in [5.74, 6) is 2.61. The van der Waals surface area contributed by atoms with Gasteiger partial charge in [0.05, 0.1) is 0 Å². The quantitative estimate of drug-likeness (QED) is 0.446. The van der Waals surface area contributed by atoms with Crippen LogP contribution in [-0.4, -0.2) is 35.7 Å². The van der Waals surface area contributed by atoms with E-state index in [-0.39, 0.29) is 24.0 Å². The molecule has 2 rings (SSSR count). The number of nitrogens with zero attached hydrogens (tertiary/aromatic N) is 3. The highest BCUT2D eigenvalue weighted by Crippen LogP contribution is 2.17. The van der Waals surface area contributed by atoms with Crippen LogP contribution in [0, 0.1) is 0 Å². The van der Waals surface area contributed by atoms with Crippen LogP contribution in [-0.2, 0) is 6.42 Å². The molecule has 1 aliphatic rings. The number of rotatable bonds is 5. The van der Waals surface area contributed by atoms with Crippen molar-refractivity contribution in [3.8, 4) is 0 Å². The zero-order chi connectivity index (χ0) is 14.4. The van der Waals surface area contributed by atoms with Crippen molar-refractivity contribution < 1.29 is 4.52 Å². The first-order chi connectivity index (χ1) is 9.69. The van der Waals surface area contributed by atoms with Crippen LogP contribution in [0.25, 0.3) is 0 Å². The Morgan fingerprint density at radius 3 is 2.67 bits per heavy atom. The smallest absolute Gasteiger partial charge is 0.228 e. The molecule has 1 fully saturated rings. The molecule has 0 atom stereocenters. The molecule has 0 unspecified atom stereocenters. The number of aliphatic imine (C=N–C) groups is 1. The molecule has 120 valence electrons. The molecule has 0 radical (unpaired) electrons. The first kappa shape index (κ1) is 18.2. The number of guanidine groups is 1. The van der Waals surface area contributed by atoms with Crippen LogP contribution >= 0.6 is 24.0 Å². The fourth-order valence-electron chi connectivity index (χ4n) is 2.35. The molecule has 0 amide bonds. The Balaban J connectivity index is 0.00000220. The summed E-state index contributed by atoms with van der Waals surface area (Å²) in [6.07, 6.45) is 5.82. The molecule has 0 aliphatic heterocycles. The number of hydrogen-bond acceptors (Lipinski definition) is 4. The standard InChI is InChI=1S/C14H25N5O.HI/c1-10(2)13-18-12(20-19-13)8-9-16-14(15-3)17-11-6-4-5-7-11;/h10-11H,4-9H2,1-3H3,(H2,15,16,17);1H. The molecule has 1 saturated carbocycles. The molecular weight excluding hydrogens is 381 g/mol. The van der Waals surface area contributed by atoms with Crippen molar-refractivity contribution in [2.24, 2.45) is 4.99 Å². The monoisotopic (exact) mass is 407 g/mol. The summed E-state index contributed by atoms with van der Waals surface area (Å²) in [6.45, 7) is 4.85. The summed E-state index contributed by atoms with van der Waals surface area (Å²) < 4.78 is 5.21. The Hall–Kier alpha value is -0.860. The van der Waals surface area contributed by atoms with Crippen molar-refractivity contribution in [3.05, 3.63) is 11.7 Å². The molecule has 0 spiro atoms. The first-order valence-electron chi connectivity index (χ1n) is 7.48. The number of halogens is 1. The van der Waals surface area contributed by atoms with Gasteiger partial charge in [-0.05, 0) is 12.8 Å². The van der Waals surface area contributed by atoms with E-state index in [1.54, 1.807) is 7.05 Å². The Kier molecular flexibility index (Phi) is 7.98. The van der Waals surface area contributed by atoms with E-state index in [4.69, 9.17) is 4.52 Å². The van der Waals surface area contributed by atoms with E-state index in [0.29, 0.717) is 24.3 Å². The maximum atomic E-state index is 5.21. The zero-order valence-electron chi connectivity index (χ0n) is 13.1. The van der Waals surface area contributed by atoms with Crippen molar-refractivity contribution in [3.63, 3.8) is 0 Å². The van der Waals surface area contributed by atoms with Crippen LogP contribution in [0.5, 0.6) is 0 Å². The molecule has 1 aliphatic carbocycles. The van der Waals surface area contributed by atoms with Gasteiger partial charge in [-0.1, -0.05) is 31.8 Å². The van der Waals surface area contributed by atoms with Crippen LogP contribution in [0.15, 0.2) is 9.52 Å². The molecule has 0 bridgehead atoms. The van der Waals surface area contributed by atoms with Crippen molar-refractivity contribution in [1.29, 1.82) is 0 Å². The van der Waals surface area contributed by atoms with Crippen molar-refractivity contribution in [2.75, 3.05) is 13.6 Å². The Bertz CT molecular complexity index is 440. The van der Waals surface area contributed by atoms with Gasteiger partial charge >= 0.3 is 0 Å². The Morgan fingerprint density at radius 2 is 2.10 bits per heavy atom. The molecule has 7 heteroatoms. The molecule has 1 aromatic rings. The van der Waals surface area contributed by atoms with E-state index in [2.05, 4.69) is 39.6 Å². The summed E-state index contributed by atoms with van der Waals surface area (Å²) in [7, 11) is 1.80. The fraction of sp³-hybridized carbons (Fsp3) is 0.786. The van der Waals surface area contributed by atoms with E-state index >= 15 is 0 Å². The van der Waals surface area contributed by atoms with Crippen LogP contribution in [0.3, 0.4) is 0 Å². The minimum atomic E-state index is 0. The highest BCUT2D eigenvalue weighted by Gasteiger charge is 2.16. The van der Waals surface area contributed by atoms with Crippen LogP contribution in [0.4, 0.5) is 0 Å². The van der Waals surface area contributed by atoms with E-state index < -0.39 is 0 Å². The average molecular weight is 407 g/mol. The van der Waals surface area contributed by atoms with Gasteiger partial charge in [-0.15, -0.1) is 24.0 Å². The lowest BCUT2D eigenvalue weighted by Crippen LogP contribution is -2.43. The normalized spacial score (nSPS) is 16.1. The third kappa shape index (κ3) is 5.80. The van der Waals surface area contributed by atoms with E-state index in [9.17, 15) is 0 Å². The minimum Gasteiger partial charge on any atom is -0.356 e. The van der Waals surface area contributed by atoms with Gasteiger partial charge in [0.15, 0.2) is 11.8 Å². The maximum Gasteiger partial charge on any atom is 0.228 e. The van der Waals surface area contributed by atoms with Crippen LogP contribution < -0.4 is 10.6 Å². The van der Waals surface area contributed by atoms with Gasteiger partial charge < -0.3 is 15.2 Å². The molecule has 6 nitrogen and oxygen atoms in total. The van der Waals surface area contributed by atoms with Gasteiger partial charge in [-0.25, -0.2) is 0 Å². The first-order valence-corrected chi connectivity index (χ1v) is 7.48. The molecular formula is C14H26IN5O. The zero-order valence-corrected chi connectivity index (χ0v) is 15.4. The van der Waals surface area contributed by atoms with Crippen LogP contribution in [0.1, 0.15) is 57.2 Å². The summed E-state index contributed by atoms with van der Waals surface area (Å²) in [4.78, 5) is 8.60. The summed E-state index contributed by atoms with van der Waals surface area (Å²) in [5.41, 5.74) is 0. The fourth-order valence-corrected chi connectivity index (χ4v) is 2.35. The third-order valence-corrected chi connectivity index (χ3v) is 3.55. The molecule has 2 N–H and O–H groups in total. The summed E-state index contributed by atoms with van der Waals surface area (Å²) in [6, 6.07) is 0.567. The second kappa shape index (κ2) is 9.22. The van der Waals surface area contributed by atoms with Gasteiger partial charge in [-0.2, -0.15) is 4.98 Å². The predicted molar refractivity (Wildman–Crippen MR) is 94.3 cm³/mol. The summed E-state index contributed by atoms with van der Waals surface area (Å²) >= 11 is 0. The van der Waals surface area contributed by atoms with Gasteiger partial charge in [0.25, 0.3) is 0 Å². The lowest BCUT2D eigenvalue weighted by molar-refractivity contribution is 0.371. The highest BCUT2D eigenvalue weighted by molar-refractivity contribution is 14.0. The average Bonchev–Trinajstić information content (AvgIpc) is 3.08. The molecule has 0 aromatic carbocycles. The topological polar surface area (TPSA) is 75.3 Å². The SMILES string of the molecule is CN=C(NCCc1nc(C(C)C)no1)NC1CCCC1.I. The number of aromatic nitrogens is 2. The largest absolute Gasteiger partial charge is 0.356 e. The minimum absolute atomic E-state index is 0. The molecule has 21 heavy (non-hydrogen) atoms. The second-order valence-electron chi connectivity index (χ2n) is 5.58. The Labute approximate surface area is 143 Å². The predicted octanol–water partition coefficient (Wildman–Crippen LogP) is 2.46. The van der Waals surface area contributed by atoms with Crippen molar-refractivity contribution in [1.82, 2.24) is 20.8 Å². The van der Waals surface area contributed by atoms with E-state index in [0.717, 1.165) is 18.3 Å². The number of hydrogen-bond donors (Lipinski definition) is 2. The van der Waals surface area contributed by atoms with E-state index in [1.807, 2.05) is 0 Å². The summed E-state index contributed by atoms with van der Waals surface area (Å²) in [5, 5.41) is 10.7. The molecule has 1 heterocycles. The van der Waals surface area contributed by atoms with Gasteiger partial charge in [0, 0.05) is 32.0 Å². The Morgan fingerprint density at radius 1 is 1.38 bits per heavy atom. The number of nitrogens with one attached hydrogen (secondary N) is 2. The van der Waals surface area contributed by atoms with Crippen molar-refractivity contribution in [2.45, 2.75) is 57.9 Å². The van der Waals surface area contributed by atoms with Gasteiger partial charge in [0.2, 0.25) is 5.89 Å². The lowest BCUT2D eigenvalue weighted by Gasteiger charge is -2.16. The third-order valence-electron chi connectivity index (χ3n) is 3.55. The maximum absolute atomic E-state index is 5.21. The van der Waals surface area contributed by atoms with Gasteiger partial charge in [-0.3, -0.25) is 4.99 Å².